The summed E-state index contributed by atoms with van der Waals surface area (Å²) in [4.78, 5) is 28.2. The van der Waals surface area contributed by atoms with Gasteiger partial charge >= 0.3 is 5.97 Å². The Morgan fingerprint density at radius 1 is 1.44 bits per heavy atom. The zero-order chi connectivity index (χ0) is 18.4. The molecule has 1 fully saturated rings. The van der Waals surface area contributed by atoms with E-state index in [9.17, 15) is 9.59 Å². The molecule has 8 heteroatoms. The number of rotatable bonds is 7. The quantitative estimate of drug-likeness (QED) is 0.367. The third-order valence-corrected chi connectivity index (χ3v) is 5.23. The van der Waals surface area contributed by atoms with E-state index < -0.39 is 0 Å². The number of esters is 1. The molecular weight excluding hydrogens is 424 g/mol. The second kappa shape index (κ2) is 9.47. The standard InChI is InChI=1S/C17H19BrN2O3S2/c1-19(2)8-9-23-15(21)6-7-20-16(22)14(25-17(20)24)11-12-4-3-5-13(18)10-12/h3-5,10-11H,6-9H2,1-2H3. The van der Waals surface area contributed by atoms with Crippen LogP contribution in [0.1, 0.15) is 12.0 Å². The molecule has 2 rings (SSSR count). The van der Waals surface area contributed by atoms with Crippen LogP contribution in [-0.4, -0.2) is 59.8 Å². The molecule has 134 valence electrons. The van der Waals surface area contributed by atoms with Gasteiger partial charge < -0.3 is 9.64 Å². The largest absolute Gasteiger partial charge is 0.464 e. The van der Waals surface area contributed by atoms with Gasteiger partial charge in [0.15, 0.2) is 0 Å². The van der Waals surface area contributed by atoms with Gasteiger partial charge in [0.2, 0.25) is 0 Å². The lowest BCUT2D eigenvalue weighted by Gasteiger charge is -2.14. The number of likely N-dealkylation sites (N-methyl/N-ethyl adjacent to an activating group) is 1. The van der Waals surface area contributed by atoms with E-state index in [-0.39, 0.29) is 24.8 Å². The Labute approximate surface area is 165 Å². The number of amides is 1. The first-order chi connectivity index (χ1) is 11.9. The molecule has 1 amide bonds. The SMILES string of the molecule is CN(C)CCOC(=O)CCN1C(=O)C(=Cc2cccc(Br)c2)SC1=S. The van der Waals surface area contributed by atoms with E-state index in [0.29, 0.717) is 22.4 Å². The van der Waals surface area contributed by atoms with Crippen molar-refractivity contribution in [2.24, 2.45) is 0 Å². The van der Waals surface area contributed by atoms with Gasteiger partial charge in [-0.05, 0) is 37.9 Å². The van der Waals surface area contributed by atoms with Gasteiger partial charge in [-0.25, -0.2) is 0 Å². The molecule has 0 aliphatic carbocycles. The fourth-order valence-electron chi connectivity index (χ4n) is 2.06. The predicted molar refractivity (Wildman–Crippen MR) is 108 cm³/mol. The Morgan fingerprint density at radius 3 is 2.88 bits per heavy atom. The van der Waals surface area contributed by atoms with Crippen LogP contribution in [0.2, 0.25) is 0 Å². The predicted octanol–water partition coefficient (Wildman–Crippen LogP) is 3.15. The molecule has 0 spiro atoms. The van der Waals surface area contributed by atoms with E-state index in [0.717, 1.165) is 10.0 Å². The monoisotopic (exact) mass is 442 g/mol. The van der Waals surface area contributed by atoms with Crippen molar-refractivity contribution in [1.82, 2.24) is 9.80 Å². The first-order valence-electron chi connectivity index (χ1n) is 7.68. The average molecular weight is 443 g/mol. The Bertz CT molecular complexity index is 707. The first kappa shape index (κ1) is 20.1. The van der Waals surface area contributed by atoms with E-state index in [1.165, 1.54) is 16.7 Å². The molecule has 0 N–H and O–H groups in total. The smallest absolute Gasteiger partial charge is 0.307 e. The lowest BCUT2D eigenvalue weighted by molar-refractivity contribution is -0.144. The summed E-state index contributed by atoms with van der Waals surface area (Å²) in [5, 5.41) is 0. The average Bonchev–Trinajstić information content (AvgIpc) is 2.79. The van der Waals surface area contributed by atoms with Gasteiger partial charge in [-0.1, -0.05) is 52.0 Å². The minimum absolute atomic E-state index is 0.129. The van der Waals surface area contributed by atoms with Gasteiger partial charge in [0.1, 0.15) is 10.9 Å². The van der Waals surface area contributed by atoms with Crippen LogP contribution < -0.4 is 0 Å². The van der Waals surface area contributed by atoms with Crippen LogP contribution in [0.5, 0.6) is 0 Å². The molecule has 0 bridgehead atoms. The molecule has 0 unspecified atom stereocenters. The summed E-state index contributed by atoms with van der Waals surface area (Å²) < 4.78 is 6.54. The highest BCUT2D eigenvalue weighted by molar-refractivity contribution is 9.10. The van der Waals surface area contributed by atoms with Gasteiger partial charge in [-0.3, -0.25) is 14.5 Å². The Balaban J connectivity index is 1.91. The third-order valence-electron chi connectivity index (χ3n) is 3.36. The lowest BCUT2D eigenvalue weighted by Crippen LogP contribution is -2.31. The van der Waals surface area contributed by atoms with Crippen molar-refractivity contribution < 1.29 is 14.3 Å². The number of halogens is 1. The number of nitrogens with zero attached hydrogens (tertiary/aromatic N) is 2. The number of benzene rings is 1. The lowest BCUT2D eigenvalue weighted by atomic mass is 10.2. The van der Waals surface area contributed by atoms with Crippen LogP contribution >= 0.6 is 39.9 Å². The molecule has 1 saturated heterocycles. The molecule has 1 aliphatic rings. The Morgan fingerprint density at radius 2 is 2.20 bits per heavy atom. The molecule has 0 saturated carbocycles. The highest BCUT2D eigenvalue weighted by Gasteiger charge is 2.32. The topological polar surface area (TPSA) is 49.9 Å². The fourth-order valence-corrected chi connectivity index (χ4v) is 3.78. The number of hydrogen-bond donors (Lipinski definition) is 0. The summed E-state index contributed by atoms with van der Waals surface area (Å²) in [7, 11) is 3.82. The maximum absolute atomic E-state index is 12.5. The summed E-state index contributed by atoms with van der Waals surface area (Å²) in [6.07, 6.45) is 1.93. The molecule has 5 nitrogen and oxygen atoms in total. The van der Waals surface area contributed by atoms with E-state index in [1.54, 1.807) is 6.08 Å². The number of hydrogen-bond acceptors (Lipinski definition) is 6. The molecule has 0 atom stereocenters. The molecule has 0 radical (unpaired) electrons. The van der Waals surface area contributed by atoms with Gasteiger partial charge in [0, 0.05) is 17.6 Å². The summed E-state index contributed by atoms with van der Waals surface area (Å²) in [6, 6.07) is 7.67. The first-order valence-corrected chi connectivity index (χ1v) is 9.70. The van der Waals surface area contributed by atoms with Crippen molar-refractivity contribution in [3.8, 4) is 0 Å². The third kappa shape index (κ3) is 6.22. The highest BCUT2D eigenvalue weighted by Crippen LogP contribution is 2.32. The van der Waals surface area contributed by atoms with Crippen LogP contribution in [0.4, 0.5) is 0 Å². The zero-order valence-corrected chi connectivity index (χ0v) is 17.2. The minimum atomic E-state index is -0.327. The van der Waals surface area contributed by atoms with Crippen molar-refractivity contribution in [3.05, 3.63) is 39.2 Å². The van der Waals surface area contributed by atoms with Crippen LogP contribution in [0.15, 0.2) is 33.6 Å². The van der Waals surface area contributed by atoms with Crippen molar-refractivity contribution in [3.63, 3.8) is 0 Å². The summed E-state index contributed by atoms with van der Waals surface area (Å²) in [5.41, 5.74) is 0.915. The minimum Gasteiger partial charge on any atom is -0.464 e. The normalized spacial score (nSPS) is 16.2. The maximum atomic E-state index is 12.5. The van der Waals surface area contributed by atoms with Gasteiger partial charge in [0.05, 0.1) is 11.3 Å². The molecule has 25 heavy (non-hydrogen) atoms. The van der Waals surface area contributed by atoms with Gasteiger partial charge in [-0.15, -0.1) is 0 Å². The van der Waals surface area contributed by atoms with Crippen molar-refractivity contribution in [1.29, 1.82) is 0 Å². The number of ether oxygens (including phenoxy) is 1. The van der Waals surface area contributed by atoms with Crippen LogP contribution in [0, 0.1) is 0 Å². The summed E-state index contributed by atoms with van der Waals surface area (Å²) in [5.74, 6) is -0.497. The molecule has 1 aromatic rings. The highest BCUT2D eigenvalue weighted by atomic mass is 79.9. The Kier molecular flexibility index (Phi) is 7.61. The Hall–Kier alpha value is -1.22. The zero-order valence-electron chi connectivity index (χ0n) is 14.0. The summed E-state index contributed by atoms with van der Waals surface area (Å²) >= 11 is 9.93. The van der Waals surface area contributed by atoms with Crippen molar-refractivity contribution in [2.45, 2.75) is 6.42 Å². The number of thiocarbonyl (C=S) groups is 1. The van der Waals surface area contributed by atoms with Crippen LogP contribution in [0.25, 0.3) is 6.08 Å². The van der Waals surface area contributed by atoms with Crippen LogP contribution in [0.3, 0.4) is 0 Å². The van der Waals surface area contributed by atoms with Crippen molar-refractivity contribution in [2.75, 3.05) is 33.8 Å². The van der Waals surface area contributed by atoms with Gasteiger partial charge in [-0.2, -0.15) is 0 Å². The summed E-state index contributed by atoms with van der Waals surface area (Å²) in [6.45, 7) is 1.25. The molecule has 1 aromatic carbocycles. The molecule has 1 heterocycles. The van der Waals surface area contributed by atoms with E-state index in [1.807, 2.05) is 43.3 Å². The number of carbonyl (C=O) groups is 2. The van der Waals surface area contributed by atoms with E-state index >= 15 is 0 Å². The second-order valence-corrected chi connectivity index (χ2v) is 8.25. The van der Waals surface area contributed by atoms with Crippen LogP contribution in [-0.2, 0) is 14.3 Å². The number of thioether (sulfide) groups is 1. The van der Waals surface area contributed by atoms with E-state index in [4.69, 9.17) is 17.0 Å². The number of carbonyl (C=O) groups excluding carboxylic acids is 2. The second-order valence-electron chi connectivity index (χ2n) is 5.66. The maximum Gasteiger partial charge on any atom is 0.307 e. The van der Waals surface area contributed by atoms with Crippen molar-refractivity contribution >= 4 is 62.2 Å². The van der Waals surface area contributed by atoms with Gasteiger partial charge in [0.25, 0.3) is 5.91 Å². The molecular formula is C17H19BrN2O3S2. The molecule has 0 aromatic heterocycles. The van der Waals surface area contributed by atoms with E-state index in [2.05, 4.69) is 15.9 Å². The molecule has 1 aliphatic heterocycles. The fraction of sp³-hybridized carbons (Fsp3) is 0.353.